The van der Waals surface area contributed by atoms with Crippen LogP contribution in [0, 0.1) is 60.1 Å². The molecule has 7 rings (SSSR count). The third-order valence-corrected chi connectivity index (χ3v) is 10.3. The van der Waals surface area contributed by atoms with E-state index < -0.39 is 5.60 Å². The summed E-state index contributed by atoms with van der Waals surface area (Å²) in [5.74, 6) is 5.35. The zero-order valence-corrected chi connectivity index (χ0v) is 18.1. The molecule has 1 saturated heterocycles. The lowest BCUT2D eigenvalue weighted by atomic mass is 9.56. The number of carbonyl (C=O) groups is 1. The molecule has 10 unspecified atom stereocenters. The van der Waals surface area contributed by atoms with Crippen molar-refractivity contribution in [3.63, 3.8) is 0 Å². The lowest BCUT2D eigenvalue weighted by molar-refractivity contribution is -0.126. The van der Waals surface area contributed by atoms with Crippen LogP contribution in [0.25, 0.3) is 0 Å². The second-order valence-corrected chi connectivity index (χ2v) is 11.4. The monoisotopic (exact) mass is 425 g/mol. The predicted octanol–water partition coefficient (Wildman–Crippen LogP) is 2.91. The average Bonchev–Trinajstić information content (AvgIpc) is 3.26. The van der Waals surface area contributed by atoms with E-state index in [0.717, 1.165) is 72.7 Å². The topological polar surface area (TPSA) is 64.6 Å². The predicted molar refractivity (Wildman–Crippen MR) is 115 cm³/mol. The molecule has 0 radical (unpaired) electrons. The van der Waals surface area contributed by atoms with E-state index in [2.05, 4.69) is 15.5 Å². The average molecular weight is 426 g/mol. The highest BCUT2D eigenvalue weighted by Gasteiger charge is 2.84. The molecule has 2 bridgehead atoms. The van der Waals surface area contributed by atoms with Crippen molar-refractivity contribution in [3.8, 4) is 0 Å². The van der Waals surface area contributed by atoms with Crippen LogP contribution in [-0.2, 0) is 0 Å². The normalized spacial score (nSPS) is 47.7. The summed E-state index contributed by atoms with van der Waals surface area (Å²) in [6.07, 6.45) is 4.61. The maximum Gasteiger partial charge on any atom is 0.315 e. The summed E-state index contributed by atoms with van der Waals surface area (Å²) >= 11 is 0. The summed E-state index contributed by atoms with van der Waals surface area (Å²) in [5.41, 5.74) is 1.29. The Morgan fingerprint density at radius 1 is 1.19 bits per heavy atom. The van der Waals surface area contributed by atoms with Crippen LogP contribution in [0.2, 0.25) is 0 Å². The van der Waals surface area contributed by atoms with E-state index in [9.17, 15) is 14.3 Å². The minimum Gasteiger partial charge on any atom is -0.387 e. The number of benzene rings is 1. The highest BCUT2D eigenvalue weighted by molar-refractivity contribution is 5.74. The van der Waals surface area contributed by atoms with Crippen LogP contribution in [0.1, 0.15) is 31.2 Å². The Hall–Kier alpha value is -1.82. The summed E-state index contributed by atoms with van der Waals surface area (Å²) in [4.78, 5) is 15.0. The molecule has 1 heterocycles. The Morgan fingerprint density at radius 2 is 2.00 bits per heavy atom. The first-order valence-electron chi connectivity index (χ1n) is 12.2. The maximum absolute atomic E-state index is 13.5. The molecule has 1 aromatic carbocycles. The van der Waals surface area contributed by atoms with E-state index in [0.29, 0.717) is 18.4 Å². The summed E-state index contributed by atoms with van der Waals surface area (Å²) in [6.45, 7) is 3.98. The van der Waals surface area contributed by atoms with Gasteiger partial charge in [0, 0.05) is 31.4 Å². The quantitative estimate of drug-likeness (QED) is 0.695. The molecule has 10 atom stereocenters. The van der Waals surface area contributed by atoms with Crippen molar-refractivity contribution in [1.29, 1.82) is 0 Å². The number of rotatable bonds is 4. The molecule has 6 heteroatoms. The Bertz CT molecular complexity index is 949. The van der Waals surface area contributed by atoms with Crippen molar-refractivity contribution < 1.29 is 14.3 Å². The number of urea groups is 1. The molecule has 5 aliphatic carbocycles. The van der Waals surface area contributed by atoms with Crippen LogP contribution in [0.4, 0.5) is 14.9 Å². The lowest BCUT2D eigenvalue weighted by Gasteiger charge is -2.51. The fourth-order valence-electron chi connectivity index (χ4n) is 9.71. The van der Waals surface area contributed by atoms with Crippen LogP contribution in [0.15, 0.2) is 18.2 Å². The zero-order chi connectivity index (χ0) is 21.1. The highest BCUT2D eigenvalue weighted by Crippen LogP contribution is 2.85. The maximum atomic E-state index is 13.5. The Morgan fingerprint density at radius 3 is 2.84 bits per heavy atom. The molecule has 1 aromatic rings. The van der Waals surface area contributed by atoms with Crippen molar-refractivity contribution in [3.05, 3.63) is 29.6 Å². The number of hydrogen-bond acceptors (Lipinski definition) is 3. The molecule has 3 N–H and O–H groups in total. The van der Waals surface area contributed by atoms with Gasteiger partial charge in [0.15, 0.2) is 0 Å². The van der Waals surface area contributed by atoms with Gasteiger partial charge in [0.2, 0.25) is 0 Å². The van der Waals surface area contributed by atoms with E-state index >= 15 is 0 Å². The Balaban J connectivity index is 0.987. The molecule has 0 aromatic heterocycles. The number of aliphatic hydroxyl groups is 1. The number of fused-ring (bicyclic) bond motifs is 2. The fourth-order valence-corrected chi connectivity index (χ4v) is 9.71. The number of nitrogens with zero attached hydrogens (tertiary/aromatic N) is 1. The molecule has 0 spiro atoms. The van der Waals surface area contributed by atoms with Gasteiger partial charge in [0.1, 0.15) is 5.82 Å². The third kappa shape index (κ3) is 2.32. The van der Waals surface area contributed by atoms with E-state index in [1.54, 1.807) is 6.07 Å². The molecule has 6 aliphatic rings. The molecule has 2 amide bonds. The molecule has 6 fully saturated rings. The largest absolute Gasteiger partial charge is 0.387 e. The van der Waals surface area contributed by atoms with Gasteiger partial charge in [-0.15, -0.1) is 0 Å². The second-order valence-electron chi connectivity index (χ2n) is 11.4. The van der Waals surface area contributed by atoms with Gasteiger partial charge in [-0.2, -0.15) is 0 Å². The molecule has 5 nitrogen and oxygen atoms in total. The molecule has 1 aliphatic heterocycles. The van der Waals surface area contributed by atoms with Crippen LogP contribution in [0.3, 0.4) is 0 Å². The first-order valence-corrected chi connectivity index (χ1v) is 12.2. The van der Waals surface area contributed by atoms with Crippen molar-refractivity contribution in [1.82, 2.24) is 10.6 Å². The molecule has 166 valence electrons. The molecule has 31 heavy (non-hydrogen) atoms. The van der Waals surface area contributed by atoms with Gasteiger partial charge in [-0.05, 0) is 104 Å². The fraction of sp³-hybridized carbons (Fsp3) is 0.720. The first kappa shape index (κ1) is 18.7. The van der Waals surface area contributed by atoms with Gasteiger partial charge < -0.3 is 20.6 Å². The molecular weight excluding hydrogens is 393 g/mol. The summed E-state index contributed by atoms with van der Waals surface area (Å²) < 4.78 is 13.5. The van der Waals surface area contributed by atoms with Gasteiger partial charge in [-0.1, -0.05) is 0 Å². The Kier molecular flexibility index (Phi) is 3.71. The number of piperidine rings is 1. The first-order chi connectivity index (χ1) is 15.0. The van der Waals surface area contributed by atoms with Crippen molar-refractivity contribution in [2.24, 2.45) is 47.3 Å². The van der Waals surface area contributed by atoms with Crippen molar-refractivity contribution >= 4 is 11.7 Å². The van der Waals surface area contributed by atoms with Crippen LogP contribution < -0.4 is 15.5 Å². The van der Waals surface area contributed by atoms with Gasteiger partial charge in [0.05, 0.1) is 5.60 Å². The number of amides is 2. The third-order valence-electron chi connectivity index (χ3n) is 10.3. The summed E-state index contributed by atoms with van der Waals surface area (Å²) in [7, 11) is 0. The SMILES string of the molecule is Cc1cc(F)ccc1N1CCCC(NC(=O)NCC2(O)C3C4CC5C6C4CC3C6C52)C1. The van der Waals surface area contributed by atoms with Gasteiger partial charge in [-0.3, -0.25) is 0 Å². The van der Waals surface area contributed by atoms with Crippen molar-refractivity contribution in [2.45, 2.75) is 44.2 Å². The van der Waals surface area contributed by atoms with Crippen LogP contribution in [0.5, 0.6) is 0 Å². The number of aryl methyl sites for hydroxylation is 1. The standard InChI is InChI=1S/C25H32FN3O2/c1-12-7-13(26)4-5-19(12)29-6-2-3-14(10-29)28-24(30)27-11-25(31)22-16-9-17-20-15(16)8-18(22)21(20)23(17)25/h4-5,7,14-18,20-23,31H,2-3,6,8-11H2,1H3,(H2,27,28,30). The van der Waals surface area contributed by atoms with E-state index in [-0.39, 0.29) is 17.9 Å². The van der Waals surface area contributed by atoms with Gasteiger partial charge in [-0.25, -0.2) is 9.18 Å². The zero-order valence-electron chi connectivity index (χ0n) is 18.1. The van der Waals surface area contributed by atoms with Crippen LogP contribution in [-0.4, -0.2) is 42.4 Å². The number of hydrogen-bond donors (Lipinski definition) is 3. The summed E-state index contributed by atoms with van der Waals surface area (Å²) in [5, 5.41) is 17.9. The van der Waals surface area contributed by atoms with Crippen LogP contribution >= 0.6 is 0 Å². The minimum atomic E-state index is -0.675. The molecular formula is C25H32FN3O2. The van der Waals surface area contributed by atoms with Crippen molar-refractivity contribution in [2.75, 3.05) is 24.5 Å². The molecule has 5 saturated carbocycles. The minimum absolute atomic E-state index is 0.0601. The van der Waals surface area contributed by atoms with E-state index in [4.69, 9.17) is 0 Å². The smallest absolute Gasteiger partial charge is 0.315 e. The number of halogens is 1. The Labute approximate surface area is 182 Å². The van der Waals surface area contributed by atoms with Gasteiger partial charge >= 0.3 is 6.03 Å². The highest BCUT2D eigenvalue weighted by atomic mass is 19.1. The van der Waals surface area contributed by atoms with Gasteiger partial charge in [0.25, 0.3) is 0 Å². The van der Waals surface area contributed by atoms with E-state index in [1.165, 1.54) is 18.9 Å². The number of nitrogens with one attached hydrogen (secondary N) is 2. The lowest BCUT2D eigenvalue weighted by Crippen LogP contribution is -2.60. The summed E-state index contributed by atoms with van der Waals surface area (Å²) in [6, 6.07) is 4.81. The second kappa shape index (κ2) is 6.15. The van der Waals surface area contributed by atoms with E-state index in [1.807, 2.05) is 13.0 Å². The number of anilines is 1. The number of carbonyl (C=O) groups excluding carboxylic acids is 1.